The SMILES string of the molecule is CCC(C)(C)N(C)c1ccc(Br)cc1/C=C/C(=O)O. The molecular formula is C15H20BrNO2. The molecule has 0 aliphatic heterocycles. The number of aliphatic carboxylic acids is 1. The van der Waals surface area contributed by atoms with E-state index < -0.39 is 5.97 Å². The summed E-state index contributed by atoms with van der Waals surface area (Å²) in [5, 5.41) is 8.77. The average Bonchev–Trinajstić information content (AvgIpc) is 2.35. The molecule has 0 unspecified atom stereocenters. The predicted molar refractivity (Wildman–Crippen MR) is 83.6 cm³/mol. The Kier molecular flexibility index (Phi) is 5.18. The Morgan fingerprint density at radius 3 is 2.63 bits per heavy atom. The highest BCUT2D eigenvalue weighted by Crippen LogP contribution is 2.30. The van der Waals surface area contributed by atoms with Crippen LogP contribution < -0.4 is 4.90 Å². The normalized spacial score (nSPS) is 11.8. The van der Waals surface area contributed by atoms with Crippen LogP contribution >= 0.6 is 15.9 Å². The van der Waals surface area contributed by atoms with Gasteiger partial charge in [0.15, 0.2) is 0 Å². The van der Waals surface area contributed by atoms with Gasteiger partial charge in [0.2, 0.25) is 0 Å². The molecule has 19 heavy (non-hydrogen) atoms. The predicted octanol–water partition coefficient (Wildman–Crippen LogP) is 4.17. The van der Waals surface area contributed by atoms with Crippen molar-refractivity contribution in [2.75, 3.05) is 11.9 Å². The maximum atomic E-state index is 10.7. The first-order chi connectivity index (χ1) is 8.77. The molecule has 0 saturated carbocycles. The standard InChI is InChI=1S/C15H20BrNO2/c1-5-15(2,3)17(4)13-8-7-12(16)10-11(13)6-9-14(18)19/h6-10H,5H2,1-4H3,(H,18,19)/b9-6+. The van der Waals surface area contributed by atoms with Crippen LogP contribution in [0.25, 0.3) is 6.08 Å². The van der Waals surface area contributed by atoms with Crippen molar-refractivity contribution in [3.8, 4) is 0 Å². The maximum Gasteiger partial charge on any atom is 0.328 e. The minimum atomic E-state index is -0.941. The van der Waals surface area contributed by atoms with Crippen molar-refractivity contribution < 1.29 is 9.90 Å². The Bertz CT molecular complexity index is 495. The van der Waals surface area contributed by atoms with Crippen LogP contribution in [0.4, 0.5) is 5.69 Å². The largest absolute Gasteiger partial charge is 0.478 e. The molecule has 0 aliphatic rings. The van der Waals surface area contributed by atoms with Gasteiger partial charge in [-0.1, -0.05) is 22.9 Å². The van der Waals surface area contributed by atoms with E-state index in [0.29, 0.717) is 0 Å². The van der Waals surface area contributed by atoms with Crippen molar-refractivity contribution in [2.24, 2.45) is 0 Å². The lowest BCUT2D eigenvalue weighted by Gasteiger charge is -2.37. The van der Waals surface area contributed by atoms with Crippen molar-refractivity contribution in [3.63, 3.8) is 0 Å². The zero-order valence-electron chi connectivity index (χ0n) is 11.8. The molecule has 1 aromatic carbocycles. The van der Waals surface area contributed by atoms with E-state index in [1.165, 1.54) is 0 Å². The van der Waals surface area contributed by atoms with Gasteiger partial charge in [0.05, 0.1) is 0 Å². The van der Waals surface area contributed by atoms with Gasteiger partial charge in [0.25, 0.3) is 0 Å². The summed E-state index contributed by atoms with van der Waals surface area (Å²) in [4.78, 5) is 12.9. The Morgan fingerprint density at radius 2 is 2.11 bits per heavy atom. The molecule has 0 spiro atoms. The minimum absolute atomic E-state index is 0.0135. The van der Waals surface area contributed by atoms with Crippen LogP contribution in [0.3, 0.4) is 0 Å². The molecule has 4 heteroatoms. The first-order valence-electron chi connectivity index (χ1n) is 6.22. The van der Waals surface area contributed by atoms with E-state index in [1.54, 1.807) is 6.08 Å². The van der Waals surface area contributed by atoms with Gasteiger partial charge >= 0.3 is 5.97 Å². The lowest BCUT2D eigenvalue weighted by Crippen LogP contribution is -2.40. The summed E-state index contributed by atoms with van der Waals surface area (Å²) in [5.74, 6) is -0.941. The number of anilines is 1. The summed E-state index contributed by atoms with van der Waals surface area (Å²) < 4.78 is 0.934. The fourth-order valence-corrected chi connectivity index (χ4v) is 2.07. The maximum absolute atomic E-state index is 10.7. The van der Waals surface area contributed by atoms with Gasteiger partial charge in [-0.15, -0.1) is 0 Å². The molecule has 104 valence electrons. The van der Waals surface area contributed by atoms with E-state index in [2.05, 4.69) is 41.6 Å². The summed E-state index contributed by atoms with van der Waals surface area (Å²) >= 11 is 3.42. The summed E-state index contributed by atoms with van der Waals surface area (Å²) in [6.07, 6.45) is 3.80. The van der Waals surface area contributed by atoms with Crippen LogP contribution in [0.15, 0.2) is 28.7 Å². The van der Waals surface area contributed by atoms with Crippen LogP contribution in [0.5, 0.6) is 0 Å². The number of carbonyl (C=O) groups is 1. The van der Waals surface area contributed by atoms with Crippen LogP contribution in [-0.2, 0) is 4.79 Å². The average molecular weight is 326 g/mol. The zero-order chi connectivity index (χ0) is 14.6. The third kappa shape index (κ3) is 4.10. The van der Waals surface area contributed by atoms with Crippen LogP contribution in [-0.4, -0.2) is 23.7 Å². The third-order valence-corrected chi connectivity index (χ3v) is 4.02. The van der Waals surface area contributed by atoms with E-state index >= 15 is 0 Å². The smallest absolute Gasteiger partial charge is 0.328 e. The molecular weight excluding hydrogens is 306 g/mol. The molecule has 0 bridgehead atoms. The lowest BCUT2D eigenvalue weighted by atomic mass is 9.98. The van der Waals surface area contributed by atoms with Crippen molar-refractivity contribution in [2.45, 2.75) is 32.7 Å². The molecule has 0 aromatic heterocycles. The number of hydrogen-bond acceptors (Lipinski definition) is 2. The first-order valence-corrected chi connectivity index (χ1v) is 7.01. The summed E-state index contributed by atoms with van der Waals surface area (Å²) in [7, 11) is 2.03. The van der Waals surface area contributed by atoms with Crippen molar-refractivity contribution in [3.05, 3.63) is 34.3 Å². The van der Waals surface area contributed by atoms with Gasteiger partial charge in [-0.2, -0.15) is 0 Å². The van der Waals surface area contributed by atoms with Crippen LogP contribution in [0.2, 0.25) is 0 Å². The van der Waals surface area contributed by atoms with Crippen LogP contribution in [0.1, 0.15) is 32.8 Å². The molecule has 0 fully saturated rings. The van der Waals surface area contributed by atoms with E-state index in [0.717, 1.165) is 28.2 Å². The molecule has 0 radical (unpaired) electrons. The van der Waals surface area contributed by atoms with Gasteiger partial charge in [-0.3, -0.25) is 0 Å². The molecule has 1 rings (SSSR count). The first kappa shape index (κ1) is 15.8. The Morgan fingerprint density at radius 1 is 1.47 bits per heavy atom. The second-order valence-corrected chi connectivity index (χ2v) is 6.02. The number of benzene rings is 1. The zero-order valence-corrected chi connectivity index (χ0v) is 13.4. The number of carboxylic acids is 1. The Labute approximate surface area is 123 Å². The van der Waals surface area contributed by atoms with Crippen molar-refractivity contribution >= 4 is 33.7 Å². The highest BCUT2D eigenvalue weighted by molar-refractivity contribution is 9.10. The number of rotatable bonds is 5. The third-order valence-electron chi connectivity index (χ3n) is 3.53. The quantitative estimate of drug-likeness (QED) is 0.826. The van der Waals surface area contributed by atoms with Crippen molar-refractivity contribution in [1.82, 2.24) is 0 Å². The van der Waals surface area contributed by atoms with E-state index in [9.17, 15) is 4.79 Å². The lowest BCUT2D eigenvalue weighted by molar-refractivity contribution is -0.131. The van der Waals surface area contributed by atoms with Crippen LogP contribution in [0, 0.1) is 0 Å². The monoisotopic (exact) mass is 325 g/mol. The number of carboxylic acid groups (broad SMARTS) is 1. The molecule has 1 N–H and O–H groups in total. The fraction of sp³-hybridized carbons (Fsp3) is 0.400. The summed E-state index contributed by atoms with van der Waals surface area (Å²) in [6, 6.07) is 5.90. The molecule has 0 saturated heterocycles. The highest BCUT2D eigenvalue weighted by atomic mass is 79.9. The Balaban J connectivity index is 3.23. The van der Waals surface area contributed by atoms with Gasteiger partial charge in [0, 0.05) is 28.8 Å². The number of hydrogen-bond donors (Lipinski definition) is 1. The van der Waals surface area contributed by atoms with Crippen molar-refractivity contribution in [1.29, 1.82) is 0 Å². The Hall–Kier alpha value is -1.29. The molecule has 0 heterocycles. The molecule has 0 aliphatic carbocycles. The highest BCUT2D eigenvalue weighted by Gasteiger charge is 2.22. The molecule has 1 aromatic rings. The van der Waals surface area contributed by atoms with Gasteiger partial charge in [-0.25, -0.2) is 4.79 Å². The van der Waals surface area contributed by atoms with Gasteiger partial charge in [-0.05, 0) is 50.1 Å². The van der Waals surface area contributed by atoms with E-state index in [-0.39, 0.29) is 5.54 Å². The molecule has 0 amide bonds. The number of nitrogens with zero attached hydrogens (tertiary/aromatic N) is 1. The minimum Gasteiger partial charge on any atom is -0.478 e. The second-order valence-electron chi connectivity index (χ2n) is 5.10. The number of halogens is 1. The summed E-state index contributed by atoms with van der Waals surface area (Å²) in [5.41, 5.74) is 1.92. The van der Waals surface area contributed by atoms with E-state index in [1.807, 2.05) is 25.2 Å². The second kappa shape index (κ2) is 6.24. The topological polar surface area (TPSA) is 40.5 Å². The molecule has 3 nitrogen and oxygen atoms in total. The summed E-state index contributed by atoms with van der Waals surface area (Å²) in [6.45, 7) is 6.47. The molecule has 0 atom stereocenters. The van der Waals surface area contributed by atoms with Gasteiger partial charge in [0.1, 0.15) is 0 Å². The van der Waals surface area contributed by atoms with E-state index in [4.69, 9.17) is 5.11 Å². The van der Waals surface area contributed by atoms with Gasteiger partial charge < -0.3 is 10.0 Å². The fourth-order valence-electron chi connectivity index (χ4n) is 1.69.